The number of rotatable bonds is 6. The zero-order valence-corrected chi connectivity index (χ0v) is 15.5. The number of hydrogen-bond donors (Lipinski definition) is 3. The van der Waals surface area contributed by atoms with Crippen LogP contribution in [0, 0.1) is 12.7 Å². The molecule has 0 aromatic heterocycles. The lowest BCUT2D eigenvalue weighted by Gasteiger charge is -2.11. The highest BCUT2D eigenvalue weighted by Crippen LogP contribution is 2.12. The van der Waals surface area contributed by atoms with Crippen molar-refractivity contribution >= 4 is 35.0 Å². The van der Waals surface area contributed by atoms with Crippen LogP contribution in [0.25, 0.3) is 0 Å². The molecule has 2 rings (SSSR count). The second kappa shape index (κ2) is 10.0. The molecule has 0 atom stereocenters. The molecule has 0 aliphatic carbocycles. The van der Waals surface area contributed by atoms with Gasteiger partial charge in [0.05, 0.1) is 5.75 Å². The number of hydrazine groups is 1. The molecule has 0 radical (unpaired) electrons. The second-order valence-electron chi connectivity index (χ2n) is 5.46. The maximum Gasteiger partial charge on any atom is 0.248 e. The molecule has 7 heteroatoms. The van der Waals surface area contributed by atoms with Gasteiger partial charge in [0.25, 0.3) is 0 Å². The number of nitrogens with one attached hydrogen (secondary N) is 3. The second-order valence-corrected chi connectivity index (χ2v) is 6.85. The summed E-state index contributed by atoms with van der Waals surface area (Å²) in [6.45, 7) is 2.62. The fourth-order valence-corrected chi connectivity index (χ4v) is 2.85. The van der Waals surface area contributed by atoms with Crippen LogP contribution >= 0.6 is 24.0 Å². The molecular formula is C18H20FN3OS2. The van der Waals surface area contributed by atoms with Gasteiger partial charge in [-0.25, -0.2) is 4.39 Å². The summed E-state index contributed by atoms with van der Waals surface area (Å²) in [6.07, 6.45) is 0. The molecule has 4 nitrogen and oxygen atoms in total. The van der Waals surface area contributed by atoms with E-state index < -0.39 is 0 Å². The molecule has 0 bridgehead atoms. The maximum atomic E-state index is 12.8. The first-order valence-electron chi connectivity index (χ1n) is 7.73. The van der Waals surface area contributed by atoms with Crippen molar-refractivity contribution in [1.29, 1.82) is 0 Å². The van der Waals surface area contributed by atoms with Crippen LogP contribution in [-0.2, 0) is 17.1 Å². The summed E-state index contributed by atoms with van der Waals surface area (Å²) < 4.78 is 12.8. The molecular weight excluding hydrogens is 357 g/mol. The fourth-order valence-electron chi connectivity index (χ4n) is 1.94. The molecule has 2 aromatic carbocycles. The molecule has 2 aromatic rings. The monoisotopic (exact) mass is 377 g/mol. The first kappa shape index (κ1) is 19.2. The Morgan fingerprint density at radius 2 is 1.68 bits per heavy atom. The van der Waals surface area contributed by atoms with Gasteiger partial charge in [-0.1, -0.05) is 42.0 Å². The summed E-state index contributed by atoms with van der Waals surface area (Å²) in [7, 11) is 0. The Kier molecular flexibility index (Phi) is 7.69. The van der Waals surface area contributed by atoms with Gasteiger partial charge in [-0.3, -0.25) is 15.6 Å². The Morgan fingerprint density at radius 1 is 1.04 bits per heavy atom. The summed E-state index contributed by atoms with van der Waals surface area (Å²) in [5.41, 5.74) is 8.51. The summed E-state index contributed by atoms with van der Waals surface area (Å²) in [6, 6.07) is 14.4. The number of carbonyl (C=O) groups is 1. The zero-order valence-electron chi connectivity index (χ0n) is 13.8. The minimum absolute atomic E-state index is 0.174. The van der Waals surface area contributed by atoms with Crippen LogP contribution in [0.3, 0.4) is 0 Å². The Balaban J connectivity index is 1.59. The van der Waals surface area contributed by atoms with Crippen LogP contribution in [0.1, 0.15) is 16.7 Å². The summed E-state index contributed by atoms with van der Waals surface area (Å²) in [5, 5.41) is 3.38. The molecule has 0 saturated carbocycles. The highest BCUT2D eigenvalue weighted by atomic mass is 32.2. The minimum Gasteiger partial charge on any atom is -0.357 e. The van der Waals surface area contributed by atoms with Gasteiger partial charge in [-0.15, -0.1) is 11.8 Å². The van der Waals surface area contributed by atoms with Gasteiger partial charge in [0.1, 0.15) is 5.82 Å². The van der Waals surface area contributed by atoms with Crippen molar-refractivity contribution in [2.24, 2.45) is 0 Å². The van der Waals surface area contributed by atoms with E-state index >= 15 is 0 Å². The third-order valence-corrected chi connectivity index (χ3v) is 4.55. The van der Waals surface area contributed by atoms with Crippen LogP contribution in [0.5, 0.6) is 0 Å². The van der Waals surface area contributed by atoms with Gasteiger partial charge in [0, 0.05) is 12.3 Å². The summed E-state index contributed by atoms with van der Waals surface area (Å²) in [4.78, 5) is 11.8. The van der Waals surface area contributed by atoms with Gasteiger partial charge in [-0.2, -0.15) is 0 Å². The van der Waals surface area contributed by atoms with Gasteiger partial charge >= 0.3 is 0 Å². The van der Waals surface area contributed by atoms with Gasteiger partial charge in [0.2, 0.25) is 5.91 Å². The lowest BCUT2D eigenvalue weighted by atomic mass is 10.1. The van der Waals surface area contributed by atoms with E-state index in [-0.39, 0.29) is 17.5 Å². The Bertz CT molecular complexity index is 705. The van der Waals surface area contributed by atoms with Crippen molar-refractivity contribution in [3.63, 3.8) is 0 Å². The third-order valence-electron chi connectivity index (χ3n) is 3.30. The normalized spacial score (nSPS) is 10.2. The average Bonchev–Trinajstić information content (AvgIpc) is 2.61. The Morgan fingerprint density at radius 3 is 2.36 bits per heavy atom. The molecule has 25 heavy (non-hydrogen) atoms. The van der Waals surface area contributed by atoms with Gasteiger partial charge in [-0.05, 0) is 42.4 Å². The molecule has 0 spiro atoms. The highest BCUT2D eigenvalue weighted by Gasteiger charge is 2.03. The topological polar surface area (TPSA) is 53.2 Å². The maximum absolute atomic E-state index is 12.8. The number of thioether (sulfide) groups is 1. The predicted octanol–water partition coefficient (Wildman–Crippen LogP) is 3.06. The van der Waals surface area contributed by atoms with Crippen LogP contribution in [0.2, 0.25) is 0 Å². The number of aryl methyl sites for hydroxylation is 1. The van der Waals surface area contributed by atoms with E-state index in [1.54, 1.807) is 12.1 Å². The van der Waals surface area contributed by atoms with E-state index in [2.05, 4.69) is 16.2 Å². The molecule has 0 heterocycles. The quantitative estimate of drug-likeness (QED) is 0.534. The van der Waals surface area contributed by atoms with E-state index in [0.717, 1.165) is 11.1 Å². The largest absolute Gasteiger partial charge is 0.357 e. The molecule has 0 aliphatic rings. The van der Waals surface area contributed by atoms with Crippen LogP contribution in [0.15, 0.2) is 48.5 Å². The minimum atomic E-state index is -0.262. The molecule has 0 saturated heterocycles. The molecule has 0 unspecified atom stereocenters. The number of carbonyl (C=O) groups excluding carboxylic acids is 1. The molecule has 0 fully saturated rings. The van der Waals surface area contributed by atoms with Crippen molar-refractivity contribution in [2.75, 3.05) is 5.75 Å². The first-order valence-corrected chi connectivity index (χ1v) is 9.29. The fraction of sp³-hybridized carbons (Fsp3) is 0.222. The predicted molar refractivity (Wildman–Crippen MR) is 104 cm³/mol. The van der Waals surface area contributed by atoms with Crippen molar-refractivity contribution in [1.82, 2.24) is 16.2 Å². The van der Waals surface area contributed by atoms with Crippen LogP contribution in [0.4, 0.5) is 4.39 Å². The molecule has 1 amide bonds. The van der Waals surface area contributed by atoms with E-state index in [4.69, 9.17) is 12.2 Å². The van der Waals surface area contributed by atoms with Crippen LogP contribution in [-0.4, -0.2) is 16.8 Å². The highest BCUT2D eigenvalue weighted by molar-refractivity contribution is 7.99. The molecule has 3 N–H and O–H groups in total. The van der Waals surface area contributed by atoms with Crippen molar-refractivity contribution in [3.05, 3.63) is 71.0 Å². The van der Waals surface area contributed by atoms with Crippen molar-refractivity contribution in [2.45, 2.75) is 19.2 Å². The molecule has 0 aliphatic heterocycles. The summed E-state index contributed by atoms with van der Waals surface area (Å²) in [5.74, 6) is 0.489. The summed E-state index contributed by atoms with van der Waals surface area (Å²) >= 11 is 6.56. The SMILES string of the molecule is Cc1ccc(CNC(=S)NNC(=O)CSCc2ccc(F)cc2)cc1. The number of thiocarbonyl (C=S) groups is 1. The average molecular weight is 378 g/mol. The van der Waals surface area contributed by atoms with Gasteiger partial charge < -0.3 is 5.32 Å². The van der Waals surface area contributed by atoms with Gasteiger partial charge in [0.15, 0.2) is 5.11 Å². The molecule has 132 valence electrons. The third kappa shape index (κ3) is 7.53. The smallest absolute Gasteiger partial charge is 0.248 e. The first-order chi connectivity index (χ1) is 12.0. The number of halogens is 1. The Hall–Kier alpha value is -2.12. The zero-order chi connectivity index (χ0) is 18.1. The number of benzene rings is 2. The van der Waals surface area contributed by atoms with E-state index in [9.17, 15) is 9.18 Å². The van der Waals surface area contributed by atoms with Crippen molar-refractivity contribution < 1.29 is 9.18 Å². The lowest BCUT2D eigenvalue weighted by Crippen LogP contribution is -2.47. The van der Waals surface area contributed by atoms with E-state index in [1.165, 1.54) is 29.5 Å². The van der Waals surface area contributed by atoms with E-state index in [1.807, 2.05) is 31.2 Å². The van der Waals surface area contributed by atoms with Crippen LogP contribution < -0.4 is 16.2 Å². The Labute approximate surface area is 156 Å². The van der Waals surface area contributed by atoms with E-state index in [0.29, 0.717) is 17.4 Å². The standard InChI is InChI=1S/C18H20FN3OS2/c1-13-2-4-14(5-3-13)10-20-18(24)22-21-17(23)12-25-11-15-6-8-16(19)9-7-15/h2-9H,10-12H2,1H3,(H,21,23)(H2,20,22,24). The lowest BCUT2D eigenvalue weighted by molar-refractivity contribution is -0.119. The van der Waals surface area contributed by atoms with Crippen molar-refractivity contribution in [3.8, 4) is 0 Å². The number of amides is 1. The number of hydrogen-bond acceptors (Lipinski definition) is 3.